The predicted octanol–water partition coefficient (Wildman–Crippen LogP) is 1.43. The van der Waals surface area contributed by atoms with Gasteiger partial charge in [0.2, 0.25) is 5.95 Å². The number of hydrogen-bond acceptors (Lipinski definition) is 2. The Labute approximate surface area is 62.1 Å². The molecule has 0 amide bonds. The highest BCUT2D eigenvalue weighted by atomic mass is 19.1. The molecule has 0 N–H and O–H groups in total. The minimum Gasteiger partial charge on any atom is -0.221 e. The molecule has 2 nitrogen and oxygen atoms in total. The minimum atomic E-state index is -0.767. The fraction of sp³-hybridized carbons (Fsp3) is 0.143. The van der Waals surface area contributed by atoms with E-state index >= 15 is 0 Å². The van der Waals surface area contributed by atoms with Gasteiger partial charge in [0.1, 0.15) is 5.82 Å². The topological polar surface area (TPSA) is 36.7 Å². The molecule has 56 valence electrons. The van der Waals surface area contributed by atoms with Crippen LogP contribution in [0.2, 0.25) is 0 Å². The van der Waals surface area contributed by atoms with Gasteiger partial charge in [-0.25, -0.2) is 9.37 Å². The molecule has 0 aromatic carbocycles. The van der Waals surface area contributed by atoms with Gasteiger partial charge in [-0.2, -0.15) is 9.65 Å². The van der Waals surface area contributed by atoms with Crippen LogP contribution in [0.1, 0.15) is 5.69 Å². The Morgan fingerprint density at radius 2 is 2.18 bits per heavy atom. The lowest BCUT2D eigenvalue weighted by atomic mass is 10.3. The maximum absolute atomic E-state index is 12.6. The van der Waals surface area contributed by atoms with Gasteiger partial charge in [0.05, 0.1) is 18.2 Å². The monoisotopic (exact) mass is 154 g/mol. The molecular formula is C7H4F2N2. The van der Waals surface area contributed by atoms with Crippen molar-refractivity contribution in [2.45, 2.75) is 6.42 Å². The van der Waals surface area contributed by atoms with Crippen LogP contribution in [0.3, 0.4) is 0 Å². The second kappa shape index (κ2) is 3.06. The Kier molecular flexibility index (Phi) is 2.12. The van der Waals surface area contributed by atoms with Gasteiger partial charge in [-0.15, -0.1) is 0 Å². The first-order valence-corrected chi connectivity index (χ1v) is 2.92. The maximum Gasteiger partial charge on any atom is 0.213 e. The van der Waals surface area contributed by atoms with Crippen LogP contribution in [0.5, 0.6) is 0 Å². The van der Waals surface area contributed by atoms with E-state index in [4.69, 9.17) is 5.26 Å². The normalized spacial score (nSPS) is 9.18. The summed E-state index contributed by atoms with van der Waals surface area (Å²) in [6.07, 6.45) is -0.205. The van der Waals surface area contributed by atoms with E-state index in [2.05, 4.69) is 4.98 Å². The highest BCUT2D eigenvalue weighted by Gasteiger charge is 2.03. The SMILES string of the molecule is N#CCc1nc(F)ccc1F. The molecule has 0 bridgehead atoms. The number of aromatic nitrogens is 1. The summed E-state index contributed by atoms with van der Waals surface area (Å²) in [5.41, 5.74) is -0.146. The quantitative estimate of drug-likeness (QED) is 0.573. The number of nitriles is 1. The van der Waals surface area contributed by atoms with Gasteiger partial charge in [-0.3, -0.25) is 0 Å². The van der Waals surface area contributed by atoms with Crippen molar-refractivity contribution in [2.24, 2.45) is 0 Å². The Bertz CT molecular complexity index is 304. The fourth-order valence-electron chi connectivity index (χ4n) is 0.657. The second-order valence-corrected chi connectivity index (χ2v) is 1.90. The summed E-state index contributed by atoms with van der Waals surface area (Å²) in [7, 11) is 0. The molecule has 0 spiro atoms. The van der Waals surface area contributed by atoms with Crippen molar-refractivity contribution in [1.29, 1.82) is 5.26 Å². The van der Waals surface area contributed by atoms with E-state index in [1.54, 1.807) is 6.07 Å². The molecule has 1 aromatic heterocycles. The lowest BCUT2D eigenvalue weighted by molar-refractivity contribution is 0.547. The molecule has 4 heteroatoms. The first-order valence-electron chi connectivity index (χ1n) is 2.92. The molecule has 11 heavy (non-hydrogen) atoms. The van der Waals surface area contributed by atoms with E-state index in [-0.39, 0.29) is 12.1 Å². The van der Waals surface area contributed by atoms with Gasteiger partial charge in [0, 0.05) is 0 Å². The average Bonchev–Trinajstić information content (AvgIpc) is 1.98. The van der Waals surface area contributed by atoms with Gasteiger partial charge < -0.3 is 0 Å². The number of hydrogen-bond donors (Lipinski definition) is 0. The van der Waals surface area contributed by atoms with E-state index in [9.17, 15) is 8.78 Å². The van der Waals surface area contributed by atoms with Crippen molar-refractivity contribution in [3.63, 3.8) is 0 Å². The maximum atomic E-state index is 12.6. The fourth-order valence-corrected chi connectivity index (χ4v) is 0.657. The van der Waals surface area contributed by atoms with Crippen LogP contribution in [-0.4, -0.2) is 4.98 Å². The van der Waals surface area contributed by atoms with E-state index < -0.39 is 11.8 Å². The molecule has 0 fully saturated rings. The van der Waals surface area contributed by atoms with Crippen LogP contribution in [-0.2, 0) is 6.42 Å². The van der Waals surface area contributed by atoms with Crippen LogP contribution in [0.25, 0.3) is 0 Å². The number of pyridine rings is 1. The second-order valence-electron chi connectivity index (χ2n) is 1.90. The van der Waals surface area contributed by atoms with E-state index in [1.807, 2.05) is 0 Å². The van der Waals surface area contributed by atoms with Gasteiger partial charge in [0.25, 0.3) is 0 Å². The molecular weight excluding hydrogens is 150 g/mol. The van der Waals surface area contributed by atoms with Crippen LogP contribution in [0.15, 0.2) is 12.1 Å². The molecule has 0 unspecified atom stereocenters. The van der Waals surface area contributed by atoms with E-state index in [1.165, 1.54) is 0 Å². The Morgan fingerprint density at radius 1 is 1.45 bits per heavy atom. The molecule has 0 aliphatic heterocycles. The Balaban J connectivity index is 3.05. The molecule has 0 atom stereocenters. The first kappa shape index (κ1) is 7.61. The summed E-state index contributed by atoms with van der Waals surface area (Å²) in [5.74, 6) is -1.41. The lowest BCUT2D eigenvalue weighted by Crippen LogP contribution is -1.95. The Hall–Kier alpha value is -1.50. The summed E-state index contributed by atoms with van der Waals surface area (Å²) in [4.78, 5) is 3.20. The molecule has 0 saturated carbocycles. The molecule has 1 heterocycles. The van der Waals surface area contributed by atoms with Crippen molar-refractivity contribution in [3.8, 4) is 6.07 Å². The lowest BCUT2D eigenvalue weighted by Gasteiger charge is -1.94. The number of nitrogens with zero attached hydrogens (tertiary/aromatic N) is 2. The van der Waals surface area contributed by atoms with Crippen molar-refractivity contribution >= 4 is 0 Å². The van der Waals surface area contributed by atoms with Crippen molar-refractivity contribution in [3.05, 3.63) is 29.6 Å². The smallest absolute Gasteiger partial charge is 0.213 e. The third-order valence-corrected chi connectivity index (χ3v) is 1.13. The summed E-state index contributed by atoms with van der Waals surface area (Å²) in [5, 5.41) is 8.16. The zero-order valence-corrected chi connectivity index (χ0v) is 5.51. The largest absolute Gasteiger partial charge is 0.221 e. The zero-order chi connectivity index (χ0) is 8.27. The standard InChI is InChI=1S/C7H4F2N2/c8-5-1-2-7(9)11-6(5)3-4-10/h1-2H,3H2. The van der Waals surface area contributed by atoms with E-state index in [0.29, 0.717) is 0 Å². The Morgan fingerprint density at radius 3 is 2.82 bits per heavy atom. The molecule has 0 aliphatic rings. The molecule has 1 aromatic rings. The average molecular weight is 154 g/mol. The summed E-state index contributed by atoms with van der Waals surface area (Å²) >= 11 is 0. The minimum absolute atomic E-state index is 0.146. The summed E-state index contributed by atoms with van der Waals surface area (Å²) in [6, 6.07) is 3.55. The summed E-state index contributed by atoms with van der Waals surface area (Å²) in [6.45, 7) is 0. The predicted molar refractivity (Wildman–Crippen MR) is 33.5 cm³/mol. The first-order chi connectivity index (χ1) is 5.24. The van der Waals surface area contributed by atoms with Crippen LogP contribution >= 0.6 is 0 Å². The zero-order valence-electron chi connectivity index (χ0n) is 5.51. The molecule has 1 rings (SSSR count). The highest BCUT2D eigenvalue weighted by Crippen LogP contribution is 2.04. The van der Waals surface area contributed by atoms with Gasteiger partial charge in [0.15, 0.2) is 0 Å². The van der Waals surface area contributed by atoms with Gasteiger partial charge in [-0.05, 0) is 12.1 Å². The molecule has 0 aliphatic carbocycles. The summed E-state index contributed by atoms with van der Waals surface area (Å²) < 4.78 is 24.9. The van der Waals surface area contributed by atoms with Gasteiger partial charge >= 0.3 is 0 Å². The van der Waals surface area contributed by atoms with Crippen LogP contribution in [0.4, 0.5) is 8.78 Å². The molecule has 0 saturated heterocycles. The van der Waals surface area contributed by atoms with Crippen molar-refractivity contribution < 1.29 is 8.78 Å². The highest BCUT2D eigenvalue weighted by molar-refractivity contribution is 5.11. The third kappa shape index (κ3) is 1.71. The van der Waals surface area contributed by atoms with Crippen molar-refractivity contribution in [2.75, 3.05) is 0 Å². The number of halogens is 2. The van der Waals surface area contributed by atoms with E-state index in [0.717, 1.165) is 12.1 Å². The molecule has 0 radical (unpaired) electrons. The van der Waals surface area contributed by atoms with Crippen LogP contribution < -0.4 is 0 Å². The van der Waals surface area contributed by atoms with Gasteiger partial charge in [-0.1, -0.05) is 0 Å². The number of rotatable bonds is 1. The van der Waals surface area contributed by atoms with Crippen molar-refractivity contribution in [1.82, 2.24) is 4.98 Å². The van der Waals surface area contributed by atoms with Crippen LogP contribution in [0, 0.1) is 23.1 Å². The third-order valence-electron chi connectivity index (χ3n) is 1.13.